The summed E-state index contributed by atoms with van der Waals surface area (Å²) in [7, 11) is 0. The fraction of sp³-hybridized carbons (Fsp3) is 0.273. The molecule has 0 bridgehead atoms. The first-order chi connectivity index (χ1) is 7.66. The molecular weight excluding hydrogens is 206 g/mol. The highest BCUT2D eigenvalue weighted by Gasteiger charge is 2.09. The van der Waals surface area contributed by atoms with Gasteiger partial charge >= 0.3 is 5.97 Å². The lowest BCUT2D eigenvalue weighted by atomic mass is 10.1. The van der Waals surface area contributed by atoms with E-state index in [1.165, 1.54) is 0 Å². The number of carboxylic acid groups (broad SMARTS) is 1. The second-order valence-corrected chi connectivity index (χ2v) is 3.62. The van der Waals surface area contributed by atoms with Gasteiger partial charge < -0.3 is 15.7 Å². The Bertz CT molecular complexity index is 455. The zero-order valence-corrected chi connectivity index (χ0v) is 8.95. The second-order valence-electron chi connectivity index (χ2n) is 3.62. The summed E-state index contributed by atoms with van der Waals surface area (Å²) in [5, 5.41) is 15.0. The average molecular weight is 219 g/mol. The van der Waals surface area contributed by atoms with Crippen LogP contribution in [-0.4, -0.2) is 30.1 Å². The first-order valence-electron chi connectivity index (χ1n) is 5.06. The van der Waals surface area contributed by atoms with Gasteiger partial charge in [0.2, 0.25) is 0 Å². The van der Waals surface area contributed by atoms with Crippen LogP contribution in [0.3, 0.4) is 0 Å². The van der Waals surface area contributed by atoms with Crippen molar-refractivity contribution >= 4 is 17.6 Å². The molecule has 0 saturated heterocycles. The Hall–Kier alpha value is -2.04. The van der Waals surface area contributed by atoms with Crippen LogP contribution in [0.25, 0.3) is 0 Å². The van der Waals surface area contributed by atoms with Crippen LogP contribution in [0, 0.1) is 6.92 Å². The summed E-state index contributed by atoms with van der Waals surface area (Å²) in [6.45, 7) is 3.48. The number of carbonyl (C=O) groups is 1. The van der Waals surface area contributed by atoms with E-state index in [1.807, 2.05) is 6.92 Å². The standard InChI is InChI=1S/C11H13N3O2/c1-7-6-8(10(15)16)2-3-9(7)14-11-12-4-5-13-11/h2-3,6H,4-5H2,1H3,(H,15,16)(H2,12,13,14). The molecule has 0 aliphatic carbocycles. The molecule has 16 heavy (non-hydrogen) atoms. The third kappa shape index (κ3) is 2.13. The summed E-state index contributed by atoms with van der Waals surface area (Å²) in [6.07, 6.45) is 0. The van der Waals surface area contributed by atoms with Crippen LogP contribution in [0.15, 0.2) is 23.2 Å². The Balaban J connectivity index is 2.19. The quantitative estimate of drug-likeness (QED) is 0.695. The zero-order valence-electron chi connectivity index (χ0n) is 8.95. The molecule has 0 spiro atoms. The number of guanidine groups is 1. The number of nitrogens with zero attached hydrogens (tertiary/aromatic N) is 1. The first kappa shape index (κ1) is 10.5. The van der Waals surface area contributed by atoms with E-state index in [9.17, 15) is 4.79 Å². The molecular formula is C11H13N3O2. The Morgan fingerprint density at radius 1 is 1.56 bits per heavy atom. The number of aliphatic imine (C=N–C) groups is 1. The fourth-order valence-corrected chi connectivity index (χ4v) is 1.55. The number of aryl methyl sites for hydroxylation is 1. The van der Waals surface area contributed by atoms with Crippen molar-refractivity contribution in [3.63, 3.8) is 0 Å². The van der Waals surface area contributed by atoms with Gasteiger partial charge in [-0.3, -0.25) is 4.99 Å². The number of carboxylic acids is 1. The number of benzene rings is 1. The van der Waals surface area contributed by atoms with Gasteiger partial charge in [0.25, 0.3) is 0 Å². The first-order valence-corrected chi connectivity index (χ1v) is 5.06. The van der Waals surface area contributed by atoms with Crippen LogP contribution in [0.5, 0.6) is 0 Å². The lowest BCUT2D eigenvalue weighted by Crippen LogP contribution is -2.26. The molecule has 1 heterocycles. The fourth-order valence-electron chi connectivity index (χ4n) is 1.55. The van der Waals surface area contributed by atoms with Gasteiger partial charge in [0.1, 0.15) is 0 Å². The van der Waals surface area contributed by atoms with Crippen molar-refractivity contribution in [1.29, 1.82) is 0 Å². The molecule has 1 aliphatic rings. The third-order valence-corrected chi connectivity index (χ3v) is 2.40. The van der Waals surface area contributed by atoms with E-state index in [0.717, 1.165) is 30.3 Å². The Labute approximate surface area is 93.2 Å². The Morgan fingerprint density at radius 2 is 2.38 bits per heavy atom. The predicted octanol–water partition coefficient (Wildman–Crippen LogP) is 1.06. The van der Waals surface area contributed by atoms with Crippen molar-refractivity contribution < 1.29 is 9.90 Å². The molecule has 0 fully saturated rings. The van der Waals surface area contributed by atoms with Crippen LogP contribution in [-0.2, 0) is 0 Å². The summed E-state index contributed by atoms with van der Waals surface area (Å²) in [4.78, 5) is 15.0. The number of aromatic carboxylic acids is 1. The molecule has 0 amide bonds. The maximum Gasteiger partial charge on any atom is 0.335 e. The largest absolute Gasteiger partial charge is 0.478 e. The van der Waals surface area contributed by atoms with Crippen LogP contribution >= 0.6 is 0 Å². The Morgan fingerprint density at radius 3 is 2.94 bits per heavy atom. The molecule has 1 aromatic rings. The van der Waals surface area contributed by atoms with Crippen LogP contribution in [0.1, 0.15) is 15.9 Å². The minimum absolute atomic E-state index is 0.296. The predicted molar refractivity (Wildman–Crippen MR) is 62.1 cm³/mol. The maximum atomic E-state index is 10.8. The molecule has 0 radical (unpaired) electrons. The normalized spacial score (nSPS) is 14.2. The highest BCUT2D eigenvalue weighted by molar-refractivity contribution is 5.96. The SMILES string of the molecule is Cc1cc(C(=O)O)ccc1NC1=NCCN1. The summed E-state index contributed by atoms with van der Waals surface area (Å²) in [5.41, 5.74) is 2.05. The molecule has 2 rings (SSSR count). The molecule has 3 N–H and O–H groups in total. The van der Waals surface area contributed by atoms with E-state index in [1.54, 1.807) is 18.2 Å². The van der Waals surface area contributed by atoms with Crippen LogP contribution in [0.2, 0.25) is 0 Å². The van der Waals surface area contributed by atoms with Crippen molar-refractivity contribution in [2.45, 2.75) is 6.92 Å². The van der Waals surface area contributed by atoms with Gasteiger partial charge in [-0.25, -0.2) is 4.79 Å². The Kier molecular flexibility index (Phi) is 2.76. The molecule has 0 atom stereocenters. The van der Waals surface area contributed by atoms with Crippen molar-refractivity contribution in [2.75, 3.05) is 18.4 Å². The van der Waals surface area contributed by atoms with E-state index in [-0.39, 0.29) is 0 Å². The van der Waals surface area contributed by atoms with E-state index >= 15 is 0 Å². The van der Waals surface area contributed by atoms with Crippen molar-refractivity contribution in [2.24, 2.45) is 4.99 Å². The summed E-state index contributed by atoms with van der Waals surface area (Å²) in [5.74, 6) is -0.169. The van der Waals surface area contributed by atoms with Crippen LogP contribution < -0.4 is 10.6 Å². The van der Waals surface area contributed by atoms with Crippen molar-refractivity contribution in [1.82, 2.24) is 5.32 Å². The minimum Gasteiger partial charge on any atom is -0.478 e. The average Bonchev–Trinajstić information content (AvgIpc) is 2.73. The molecule has 5 heteroatoms. The summed E-state index contributed by atoms with van der Waals surface area (Å²) in [6, 6.07) is 4.97. The highest BCUT2D eigenvalue weighted by atomic mass is 16.4. The van der Waals surface area contributed by atoms with Gasteiger partial charge in [0, 0.05) is 12.2 Å². The van der Waals surface area contributed by atoms with Gasteiger partial charge in [0.05, 0.1) is 12.1 Å². The van der Waals surface area contributed by atoms with Gasteiger partial charge in [-0.05, 0) is 30.7 Å². The van der Waals surface area contributed by atoms with Gasteiger partial charge in [-0.2, -0.15) is 0 Å². The molecule has 5 nitrogen and oxygen atoms in total. The lowest BCUT2D eigenvalue weighted by Gasteiger charge is -2.10. The molecule has 84 valence electrons. The van der Waals surface area contributed by atoms with E-state index in [0.29, 0.717) is 5.56 Å². The van der Waals surface area contributed by atoms with Crippen molar-refractivity contribution in [3.05, 3.63) is 29.3 Å². The highest BCUT2D eigenvalue weighted by Crippen LogP contribution is 2.16. The number of anilines is 1. The lowest BCUT2D eigenvalue weighted by molar-refractivity contribution is 0.0697. The zero-order chi connectivity index (χ0) is 11.5. The van der Waals surface area contributed by atoms with E-state index < -0.39 is 5.97 Å². The third-order valence-electron chi connectivity index (χ3n) is 2.40. The van der Waals surface area contributed by atoms with E-state index in [2.05, 4.69) is 15.6 Å². The second kappa shape index (κ2) is 4.22. The number of hydrogen-bond acceptors (Lipinski definition) is 4. The topological polar surface area (TPSA) is 73.7 Å². The molecule has 0 unspecified atom stereocenters. The molecule has 0 saturated carbocycles. The van der Waals surface area contributed by atoms with E-state index in [4.69, 9.17) is 5.11 Å². The molecule has 0 aromatic heterocycles. The number of nitrogens with one attached hydrogen (secondary N) is 2. The van der Waals surface area contributed by atoms with Crippen molar-refractivity contribution in [3.8, 4) is 0 Å². The monoisotopic (exact) mass is 219 g/mol. The minimum atomic E-state index is -0.911. The van der Waals surface area contributed by atoms with Crippen LogP contribution in [0.4, 0.5) is 5.69 Å². The van der Waals surface area contributed by atoms with Gasteiger partial charge in [-0.1, -0.05) is 0 Å². The number of rotatable bonds is 2. The smallest absolute Gasteiger partial charge is 0.335 e. The van der Waals surface area contributed by atoms with Gasteiger partial charge in [-0.15, -0.1) is 0 Å². The van der Waals surface area contributed by atoms with Gasteiger partial charge in [0.15, 0.2) is 5.96 Å². The molecule has 1 aliphatic heterocycles. The molecule has 1 aromatic carbocycles. The summed E-state index contributed by atoms with van der Waals surface area (Å²) >= 11 is 0. The number of hydrogen-bond donors (Lipinski definition) is 3. The maximum absolute atomic E-state index is 10.8. The summed E-state index contributed by atoms with van der Waals surface area (Å²) < 4.78 is 0.